The molecule has 1 N–H and O–H groups in total. The number of likely N-dealkylation sites (N-methyl/N-ethyl adjacent to an activating group) is 1. The summed E-state index contributed by atoms with van der Waals surface area (Å²) < 4.78 is 13.1. The van der Waals surface area contributed by atoms with Crippen LogP contribution in [0.4, 0.5) is 0 Å². The van der Waals surface area contributed by atoms with E-state index in [-0.39, 0.29) is 36.2 Å². The fourth-order valence-electron chi connectivity index (χ4n) is 8.94. The number of aliphatic hydroxyl groups excluding tert-OH is 1. The first-order chi connectivity index (χ1) is 24.0. The lowest BCUT2D eigenvalue weighted by molar-refractivity contribution is -0.164. The van der Waals surface area contributed by atoms with Crippen molar-refractivity contribution in [2.75, 3.05) is 26.7 Å². The van der Waals surface area contributed by atoms with Crippen molar-refractivity contribution in [3.63, 3.8) is 0 Å². The quantitative estimate of drug-likeness (QED) is 0.116. The molecule has 51 heavy (non-hydrogen) atoms. The number of hydrogen-bond acceptors (Lipinski definition) is 7. The highest BCUT2D eigenvalue weighted by Gasteiger charge is 2.75. The van der Waals surface area contributed by atoms with E-state index in [9.17, 15) is 24.3 Å². The van der Waals surface area contributed by atoms with E-state index in [0.29, 0.717) is 51.6 Å². The molecule has 4 rings (SSSR count). The van der Waals surface area contributed by atoms with Gasteiger partial charge in [-0.25, -0.2) is 0 Å². The van der Waals surface area contributed by atoms with Crippen molar-refractivity contribution >= 4 is 23.7 Å². The third-order valence-corrected chi connectivity index (χ3v) is 11.0. The van der Waals surface area contributed by atoms with Crippen LogP contribution in [0.15, 0.2) is 55.6 Å². The number of likely N-dealkylation sites (tertiary alicyclic amines) is 1. The van der Waals surface area contributed by atoms with Gasteiger partial charge in [-0.3, -0.25) is 19.2 Å². The molecule has 3 fully saturated rings. The van der Waals surface area contributed by atoms with E-state index >= 15 is 0 Å². The second-order valence-electron chi connectivity index (χ2n) is 16.5. The predicted octanol–water partition coefficient (Wildman–Crippen LogP) is 5.85. The Morgan fingerprint density at radius 2 is 1.78 bits per heavy atom. The number of carbonyl (C=O) groups excluding carboxylic acids is 4. The summed E-state index contributed by atoms with van der Waals surface area (Å²) in [4.78, 5) is 62.2. The van der Waals surface area contributed by atoms with Crippen LogP contribution in [0.5, 0.6) is 0 Å². The van der Waals surface area contributed by atoms with E-state index in [4.69, 9.17) is 9.47 Å². The molecule has 3 heterocycles. The molecule has 7 atom stereocenters. The number of fused-ring (bicyclic) bond motifs is 1. The first-order valence-corrected chi connectivity index (χ1v) is 18.7. The van der Waals surface area contributed by atoms with E-state index < -0.39 is 53.2 Å². The Hall–Kier alpha value is -3.50. The highest BCUT2D eigenvalue weighted by molar-refractivity contribution is 5.98. The minimum absolute atomic E-state index is 0.0473. The maximum atomic E-state index is 15.0. The molecule has 10 nitrogen and oxygen atoms in total. The standard InChI is InChI=1S/C41H61N3O7/c1-10-12-21-31(46)42(9)28(3)34(29-19-15-13-16-20-29)50-38(49)32-30-22-23-41(51-30)33(32)36(47)43(25-17-14-18-26-45)35(41)37(48)44(24-11-2)40(7,8)27-39(4,5)6/h10-11,13,15-16,19-20,28,30,32-35,45H,1-2,12,14,17-18,21-27H2,3-9H3/t28-,30-,32+,33+,34+,35-,41+/m0/s1. The van der Waals surface area contributed by atoms with E-state index in [1.54, 1.807) is 29.0 Å². The van der Waals surface area contributed by atoms with E-state index in [2.05, 4.69) is 33.9 Å². The molecule has 1 aromatic rings. The summed E-state index contributed by atoms with van der Waals surface area (Å²) in [7, 11) is 1.71. The lowest BCUT2D eigenvalue weighted by Crippen LogP contribution is -2.61. The average Bonchev–Trinajstić information content (AvgIpc) is 3.72. The zero-order chi connectivity index (χ0) is 37.7. The van der Waals surface area contributed by atoms with Crippen LogP contribution < -0.4 is 0 Å². The number of rotatable bonds is 18. The number of hydrogen-bond donors (Lipinski definition) is 1. The summed E-state index contributed by atoms with van der Waals surface area (Å²) in [6.07, 6.45) is 6.46. The molecule has 3 aliphatic rings. The van der Waals surface area contributed by atoms with E-state index in [1.165, 1.54) is 0 Å². The van der Waals surface area contributed by atoms with E-state index in [1.807, 2.05) is 56.0 Å². The molecule has 1 spiro atoms. The second kappa shape index (κ2) is 16.4. The fourth-order valence-corrected chi connectivity index (χ4v) is 8.94. The van der Waals surface area contributed by atoms with Crippen LogP contribution in [0.25, 0.3) is 0 Å². The molecule has 0 unspecified atom stereocenters. The van der Waals surface area contributed by atoms with Crippen molar-refractivity contribution in [1.29, 1.82) is 0 Å². The molecule has 10 heteroatoms. The number of amides is 3. The number of ether oxygens (including phenoxy) is 2. The highest BCUT2D eigenvalue weighted by Crippen LogP contribution is 2.59. The molecular weight excluding hydrogens is 646 g/mol. The molecule has 282 valence electrons. The van der Waals surface area contributed by atoms with Crippen LogP contribution >= 0.6 is 0 Å². The number of allylic oxidation sites excluding steroid dienone is 1. The van der Waals surface area contributed by atoms with Crippen molar-refractivity contribution in [3.8, 4) is 0 Å². The Labute approximate surface area is 305 Å². The largest absolute Gasteiger partial charge is 0.455 e. The molecule has 0 radical (unpaired) electrons. The first kappa shape index (κ1) is 40.3. The van der Waals surface area contributed by atoms with Crippen LogP contribution in [0.1, 0.15) is 105 Å². The molecule has 3 aliphatic heterocycles. The van der Waals surface area contributed by atoms with Gasteiger partial charge in [0.1, 0.15) is 17.7 Å². The Morgan fingerprint density at radius 3 is 2.39 bits per heavy atom. The van der Waals surface area contributed by atoms with Gasteiger partial charge in [0.05, 0.1) is 24.0 Å². The zero-order valence-electron chi connectivity index (χ0n) is 31.9. The Bertz CT molecular complexity index is 1420. The maximum absolute atomic E-state index is 15.0. The average molecular weight is 708 g/mol. The zero-order valence-corrected chi connectivity index (χ0v) is 31.9. The third-order valence-electron chi connectivity index (χ3n) is 11.0. The number of esters is 1. The monoisotopic (exact) mass is 707 g/mol. The first-order valence-electron chi connectivity index (χ1n) is 18.7. The molecular formula is C41H61N3O7. The summed E-state index contributed by atoms with van der Waals surface area (Å²) >= 11 is 0. The topological polar surface area (TPSA) is 117 Å². The van der Waals surface area contributed by atoms with Gasteiger partial charge in [-0.05, 0) is 76.7 Å². The smallest absolute Gasteiger partial charge is 0.313 e. The van der Waals surface area contributed by atoms with Crippen molar-refractivity contribution in [3.05, 3.63) is 61.2 Å². The van der Waals surface area contributed by atoms with Gasteiger partial charge >= 0.3 is 5.97 Å². The van der Waals surface area contributed by atoms with Crippen molar-refractivity contribution in [1.82, 2.24) is 14.7 Å². The second-order valence-corrected chi connectivity index (χ2v) is 16.5. The molecule has 1 aromatic carbocycles. The summed E-state index contributed by atoms with van der Waals surface area (Å²) in [6, 6.07) is 7.92. The predicted molar refractivity (Wildman–Crippen MR) is 197 cm³/mol. The van der Waals surface area contributed by atoms with Crippen molar-refractivity contribution < 1.29 is 33.8 Å². The van der Waals surface area contributed by atoms with Crippen molar-refractivity contribution in [2.24, 2.45) is 17.3 Å². The van der Waals surface area contributed by atoms with Gasteiger partial charge in [0.25, 0.3) is 0 Å². The Kier molecular flexibility index (Phi) is 13.0. The van der Waals surface area contributed by atoms with Crippen molar-refractivity contribution in [2.45, 2.75) is 128 Å². The number of unbranched alkanes of at least 4 members (excludes halogenated alkanes) is 2. The summed E-state index contributed by atoms with van der Waals surface area (Å²) in [5.74, 6) is -2.91. The van der Waals surface area contributed by atoms with Gasteiger partial charge in [-0.1, -0.05) is 63.3 Å². The summed E-state index contributed by atoms with van der Waals surface area (Å²) in [5.41, 5.74) is -1.08. The normalized spacial score (nSPS) is 25.3. The minimum atomic E-state index is -1.18. The SMILES string of the molecule is C=CCCC(=O)N(C)[C@@H](C)[C@@H](OC(=O)[C@@H]1[C@@H]2CC[C@]3(O2)[C@H](C(=O)N(CC=C)C(C)(C)CC(C)(C)C)N(CCCCCO)C(=O)[C@@H]13)c1ccccc1. The molecule has 0 aromatic heterocycles. The number of benzene rings is 1. The van der Waals surface area contributed by atoms with Crippen LogP contribution in [0.2, 0.25) is 0 Å². The minimum Gasteiger partial charge on any atom is -0.455 e. The van der Waals surface area contributed by atoms with Gasteiger partial charge in [0.15, 0.2) is 0 Å². The van der Waals surface area contributed by atoms with Gasteiger partial charge in [-0.15, -0.1) is 13.2 Å². The molecule has 3 amide bonds. The van der Waals surface area contributed by atoms with E-state index in [0.717, 1.165) is 12.0 Å². The number of carbonyl (C=O) groups is 4. The lowest BCUT2D eigenvalue weighted by Gasteiger charge is -2.45. The Morgan fingerprint density at radius 1 is 1.10 bits per heavy atom. The summed E-state index contributed by atoms with van der Waals surface area (Å²) in [6.45, 7) is 20.7. The van der Waals surface area contributed by atoms with Gasteiger partial charge in [0, 0.05) is 38.7 Å². The molecule has 3 saturated heterocycles. The van der Waals surface area contributed by atoms with Crippen LogP contribution in [-0.2, 0) is 28.7 Å². The third kappa shape index (κ3) is 8.43. The molecule has 0 aliphatic carbocycles. The van der Waals surface area contributed by atoms with Crippen LogP contribution in [-0.4, -0.2) is 99.6 Å². The highest BCUT2D eigenvalue weighted by atomic mass is 16.6. The fraction of sp³-hybridized carbons (Fsp3) is 0.659. The van der Waals surface area contributed by atoms with Gasteiger partial charge in [0.2, 0.25) is 17.7 Å². The van der Waals surface area contributed by atoms with Gasteiger partial charge in [-0.2, -0.15) is 0 Å². The maximum Gasteiger partial charge on any atom is 0.313 e. The van der Waals surface area contributed by atoms with Crippen LogP contribution in [0.3, 0.4) is 0 Å². The number of aliphatic hydroxyl groups is 1. The molecule has 2 bridgehead atoms. The number of nitrogens with zero attached hydrogens (tertiary/aromatic N) is 3. The Balaban J connectivity index is 1.71. The van der Waals surface area contributed by atoms with Gasteiger partial charge < -0.3 is 29.3 Å². The summed E-state index contributed by atoms with van der Waals surface area (Å²) in [5, 5.41) is 9.42. The lowest BCUT2D eigenvalue weighted by atomic mass is 9.70. The van der Waals surface area contributed by atoms with Crippen LogP contribution in [0, 0.1) is 17.3 Å². The molecule has 0 saturated carbocycles.